The summed E-state index contributed by atoms with van der Waals surface area (Å²) in [7, 11) is 4.12. The van der Waals surface area contributed by atoms with Gasteiger partial charge in [-0.3, -0.25) is 0 Å². The number of hydrogen-bond donors (Lipinski definition) is 0. The summed E-state index contributed by atoms with van der Waals surface area (Å²) in [5, 5.41) is 0. The molecule has 1 aliphatic rings. The zero-order valence-corrected chi connectivity index (χ0v) is 6.39. The van der Waals surface area contributed by atoms with Gasteiger partial charge in [0.25, 0.3) is 0 Å². The fourth-order valence-electron chi connectivity index (χ4n) is 1.71. The monoisotopic (exact) mass is 126 g/mol. The number of ether oxygens (including phenoxy) is 1. The Hall–Kier alpha value is 0.0249. The Kier molecular flexibility index (Phi) is 2.58. The fraction of sp³-hybridized carbons (Fsp3) is 1.00. The molecule has 0 aromatic heterocycles. The third kappa shape index (κ3) is 2.01. The molecule has 52 valence electrons. The van der Waals surface area contributed by atoms with E-state index in [0.717, 1.165) is 18.3 Å². The van der Waals surface area contributed by atoms with Crippen LogP contribution in [0.3, 0.4) is 0 Å². The van der Waals surface area contributed by atoms with E-state index in [1.54, 1.807) is 7.11 Å². The molecular weight excluding hydrogens is 111 g/mol. The van der Waals surface area contributed by atoms with E-state index in [1.807, 2.05) is 0 Å². The van der Waals surface area contributed by atoms with Gasteiger partial charge in [0.05, 0.1) is 0 Å². The normalized spacial score (nSPS) is 35.2. The quantitative estimate of drug-likeness (QED) is 0.498. The summed E-state index contributed by atoms with van der Waals surface area (Å²) < 4.78 is 5.07. The second kappa shape index (κ2) is 3.26. The Morgan fingerprint density at radius 1 is 1.56 bits per heavy atom. The van der Waals surface area contributed by atoms with Crippen LogP contribution in [0.1, 0.15) is 19.3 Å². The van der Waals surface area contributed by atoms with Crippen LogP contribution in [0.4, 0.5) is 0 Å². The van der Waals surface area contributed by atoms with Crippen molar-refractivity contribution >= 4 is 7.85 Å². The van der Waals surface area contributed by atoms with Crippen molar-refractivity contribution in [1.29, 1.82) is 0 Å². The van der Waals surface area contributed by atoms with Crippen LogP contribution < -0.4 is 0 Å². The highest BCUT2D eigenvalue weighted by atomic mass is 16.5. The Morgan fingerprint density at radius 2 is 2.33 bits per heavy atom. The summed E-state index contributed by atoms with van der Waals surface area (Å²) in [6, 6.07) is 0. The molecule has 0 saturated heterocycles. The lowest BCUT2D eigenvalue weighted by molar-refractivity contribution is 0.155. The molecule has 0 heterocycles. The maximum absolute atomic E-state index is 5.07. The molecular formula is C7H15BO. The van der Waals surface area contributed by atoms with Crippen molar-refractivity contribution in [3.8, 4) is 0 Å². The third-order valence-corrected chi connectivity index (χ3v) is 2.21. The molecule has 0 aliphatic heterocycles. The highest BCUT2D eigenvalue weighted by Crippen LogP contribution is 2.32. The molecule has 9 heavy (non-hydrogen) atoms. The van der Waals surface area contributed by atoms with Crippen LogP contribution in [-0.2, 0) is 4.74 Å². The van der Waals surface area contributed by atoms with Gasteiger partial charge in [0.2, 0.25) is 0 Å². The van der Waals surface area contributed by atoms with Gasteiger partial charge in [-0.05, 0) is 12.3 Å². The van der Waals surface area contributed by atoms with E-state index in [0.29, 0.717) is 0 Å². The molecule has 1 nitrogen and oxygen atoms in total. The molecule has 1 saturated carbocycles. The molecule has 0 radical (unpaired) electrons. The molecule has 1 rings (SSSR count). The Labute approximate surface area is 58.2 Å². The predicted molar refractivity (Wildman–Crippen MR) is 41.5 cm³/mol. The van der Waals surface area contributed by atoms with E-state index in [1.165, 1.54) is 19.3 Å². The van der Waals surface area contributed by atoms with E-state index in [9.17, 15) is 0 Å². The van der Waals surface area contributed by atoms with Gasteiger partial charge >= 0.3 is 0 Å². The second-order valence-electron chi connectivity index (χ2n) is 3.24. The Bertz CT molecular complexity index is 83.0. The van der Waals surface area contributed by atoms with E-state index in [2.05, 4.69) is 7.85 Å². The highest BCUT2D eigenvalue weighted by molar-refractivity contribution is 6.11. The lowest BCUT2D eigenvalue weighted by atomic mass is 9.85. The lowest BCUT2D eigenvalue weighted by Gasteiger charge is -2.05. The van der Waals surface area contributed by atoms with Gasteiger partial charge in [0.1, 0.15) is 7.85 Å². The SMILES string of the molecule is BC1CCC(COC)C1. The van der Waals surface area contributed by atoms with Crippen LogP contribution >= 0.6 is 0 Å². The van der Waals surface area contributed by atoms with Gasteiger partial charge in [0.15, 0.2) is 0 Å². The number of methoxy groups -OCH3 is 1. The van der Waals surface area contributed by atoms with Crippen molar-refractivity contribution < 1.29 is 4.74 Å². The number of rotatable bonds is 2. The van der Waals surface area contributed by atoms with E-state index >= 15 is 0 Å². The fourth-order valence-corrected chi connectivity index (χ4v) is 1.71. The molecule has 2 atom stereocenters. The van der Waals surface area contributed by atoms with Gasteiger partial charge in [-0.25, -0.2) is 0 Å². The van der Waals surface area contributed by atoms with Gasteiger partial charge in [0, 0.05) is 13.7 Å². The molecule has 2 heteroatoms. The summed E-state index contributed by atoms with van der Waals surface area (Å²) in [5.74, 6) is 1.81. The average Bonchev–Trinajstić information content (AvgIpc) is 2.17. The smallest absolute Gasteiger partial charge is 0.105 e. The third-order valence-electron chi connectivity index (χ3n) is 2.21. The maximum Gasteiger partial charge on any atom is 0.105 e. The van der Waals surface area contributed by atoms with Crippen LogP contribution in [-0.4, -0.2) is 21.6 Å². The van der Waals surface area contributed by atoms with E-state index in [4.69, 9.17) is 4.74 Å². The predicted octanol–water partition coefficient (Wildman–Crippen LogP) is 0.855. The standard InChI is InChI=1S/C7H15BO/c1-9-5-6-2-3-7(8)4-6/h6-7H,2-5,8H2,1H3. The lowest BCUT2D eigenvalue weighted by Crippen LogP contribution is -2.02. The highest BCUT2D eigenvalue weighted by Gasteiger charge is 2.20. The van der Waals surface area contributed by atoms with Crippen molar-refractivity contribution in [1.82, 2.24) is 0 Å². The summed E-state index contributed by atoms with van der Waals surface area (Å²) >= 11 is 0. The van der Waals surface area contributed by atoms with Crippen molar-refractivity contribution in [3.63, 3.8) is 0 Å². The first-order valence-corrected chi connectivity index (χ1v) is 3.82. The molecule has 1 fully saturated rings. The van der Waals surface area contributed by atoms with Crippen LogP contribution in [0.5, 0.6) is 0 Å². The zero-order chi connectivity index (χ0) is 6.69. The van der Waals surface area contributed by atoms with E-state index in [-0.39, 0.29) is 0 Å². The van der Waals surface area contributed by atoms with Crippen LogP contribution in [0.25, 0.3) is 0 Å². The van der Waals surface area contributed by atoms with Crippen LogP contribution in [0.15, 0.2) is 0 Å². The average molecular weight is 126 g/mol. The zero-order valence-electron chi connectivity index (χ0n) is 6.39. The van der Waals surface area contributed by atoms with Crippen molar-refractivity contribution in [2.45, 2.75) is 25.1 Å². The molecule has 1 aliphatic carbocycles. The van der Waals surface area contributed by atoms with E-state index < -0.39 is 0 Å². The van der Waals surface area contributed by atoms with Crippen molar-refractivity contribution in [2.24, 2.45) is 5.92 Å². The Balaban J connectivity index is 2.14. The molecule has 0 spiro atoms. The first-order valence-electron chi connectivity index (χ1n) is 3.82. The van der Waals surface area contributed by atoms with Crippen LogP contribution in [0.2, 0.25) is 5.82 Å². The first kappa shape index (κ1) is 7.14. The molecule has 0 N–H and O–H groups in total. The summed E-state index contributed by atoms with van der Waals surface area (Å²) in [6.07, 6.45) is 4.18. The Morgan fingerprint density at radius 3 is 2.78 bits per heavy atom. The molecule has 2 unspecified atom stereocenters. The van der Waals surface area contributed by atoms with Gasteiger partial charge in [-0.2, -0.15) is 0 Å². The summed E-state index contributed by atoms with van der Waals surface area (Å²) in [4.78, 5) is 0. The second-order valence-corrected chi connectivity index (χ2v) is 3.24. The topological polar surface area (TPSA) is 9.23 Å². The van der Waals surface area contributed by atoms with Crippen molar-refractivity contribution in [3.05, 3.63) is 0 Å². The summed E-state index contributed by atoms with van der Waals surface area (Å²) in [6.45, 7) is 0.977. The minimum atomic E-state index is 0.866. The van der Waals surface area contributed by atoms with Gasteiger partial charge in [-0.1, -0.05) is 18.7 Å². The van der Waals surface area contributed by atoms with Crippen LogP contribution in [0, 0.1) is 5.92 Å². The van der Waals surface area contributed by atoms with Crippen molar-refractivity contribution in [2.75, 3.05) is 13.7 Å². The summed E-state index contributed by atoms with van der Waals surface area (Å²) in [5.41, 5.74) is 0. The van der Waals surface area contributed by atoms with Gasteiger partial charge in [-0.15, -0.1) is 0 Å². The first-order chi connectivity index (χ1) is 4.33. The maximum atomic E-state index is 5.07. The molecule has 0 aromatic carbocycles. The molecule has 0 bridgehead atoms. The largest absolute Gasteiger partial charge is 0.384 e. The molecule has 0 aromatic rings. The number of hydrogen-bond acceptors (Lipinski definition) is 1. The molecule has 0 amide bonds. The van der Waals surface area contributed by atoms with Gasteiger partial charge < -0.3 is 4.74 Å². The minimum absolute atomic E-state index is 0.866. The minimum Gasteiger partial charge on any atom is -0.384 e.